The van der Waals surface area contributed by atoms with Crippen LogP contribution in [0, 0.1) is 0 Å². The predicted octanol–water partition coefficient (Wildman–Crippen LogP) is 3.82. The first kappa shape index (κ1) is 13.6. The number of hydrogen-bond acceptors (Lipinski definition) is 2. The summed E-state index contributed by atoms with van der Waals surface area (Å²) in [6, 6.07) is 10.9. The number of nitrogens with zero attached hydrogens (tertiary/aromatic N) is 1. The van der Waals surface area contributed by atoms with E-state index < -0.39 is 0 Å². The molecule has 1 atom stereocenters. The SMILES string of the molecule is CC(C)SC(CCN(C)C)c1ccccc1. The van der Waals surface area contributed by atoms with Crippen LogP contribution in [0.15, 0.2) is 30.3 Å². The summed E-state index contributed by atoms with van der Waals surface area (Å²) >= 11 is 2.07. The average molecular weight is 237 g/mol. The molecule has 0 heterocycles. The summed E-state index contributed by atoms with van der Waals surface area (Å²) < 4.78 is 0. The van der Waals surface area contributed by atoms with Crippen molar-refractivity contribution in [1.29, 1.82) is 0 Å². The standard InChI is InChI=1S/C14H23NS/c1-12(2)16-14(10-11-15(3)4)13-8-6-5-7-9-13/h5-9,12,14H,10-11H2,1-4H3. The molecule has 0 aliphatic carbocycles. The molecule has 1 aromatic carbocycles. The maximum atomic E-state index is 2.27. The van der Waals surface area contributed by atoms with Gasteiger partial charge in [0.2, 0.25) is 0 Å². The fourth-order valence-electron chi connectivity index (χ4n) is 1.68. The Morgan fingerprint density at radius 2 is 1.75 bits per heavy atom. The molecule has 0 N–H and O–H groups in total. The van der Waals surface area contributed by atoms with Crippen molar-refractivity contribution in [1.82, 2.24) is 4.90 Å². The second-order valence-corrected chi connectivity index (χ2v) is 6.46. The molecule has 90 valence electrons. The minimum atomic E-state index is 0.628. The number of rotatable bonds is 6. The van der Waals surface area contributed by atoms with Crippen LogP contribution in [0.4, 0.5) is 0 Å². The molecule has 0 radical (unpaired) electrons. The lowest BCUT2D eigenvalue weighted by Crippen LogP contribution is -2.15. The van der Waals surface area contributed by atoms with Crippen LogP contribution < -0.4 is 0 Å². The molecule has 1 unspecified atom stereocenters. The van der Waals surface area contributed by atoms with Crippen LogP contribution >= 0.6 is 11.8 Å². The number of benzene rings is 1. The Morgan fingerprint density at radius 3 is 2.25 bits per heavy atom. The normalized spacial score (nSPS) is 13.4. The Labute approximate surface area is 104 Å². The van der Waals surface area contributed by atoms with Gasteiger partial charge in [-0.25, -0.2) is 0 Å². The molecule has 1 nitrogen and oxygen atoms in total. The van der Waals surface area contributed by atoms with E-state index in [0.717, 1.165) is 6.54 Å². The molecule has 0 fully saturated rings. The van der Waals surface area contributed by atoms with Gasteiger partial charge in [0.15, 0.2) is 0 Å². The van der Waals surface area contributed by atoms with Crippen molar-refractivity contribution in [3.05, 3.63) is 35.9 Å². The fraction of sp³-hybridized carbons (Fsp3) is 0.571. The summed E-state index contributed by atoms with van der Waals surface area (Å²) in [4.78, 5) is 2.26. The smallest absolute Gasteiger partial charge is 0.0312 e. The number of thioether (sulfide) groups is 1. The van der Waals surface area contributed by atoms with Gasteiger partial charge >= 0.3 is 0 Å². The van der Waals surface area contributed by atoms with Crippen molar-refractivity contribution < 1.29 is 0 Å². The van der Waals surface area contributed by atoms with Crippen molar-refractivity contribution in [3.8, 4) is 0 Å². The van der Waals surface area contributed by atoms with Gasteiger partial charge in [0.25, 0.3) is 0 Å². The topological polar surface area (TPSA) is 3.24 Å². The molecule has 0 amide bonds. The average Bonchev–Trinajstić information content (AvgIpc) is 2.25. The molecule has 0 bridgehead atoms. The Morgan fingerprint density at radius 1 is 1.12 bits per heavy atom. The van der Waals surface area contributed by atoms with Crippen molar-refractivity contribution in [3.63, 3.8) is 0 Å². The zero-order valence-electron chi connectivity index (χ0n) is 10.8. The van der Waals surface area contributed by atoms with E-state index in [-0.39, 0.29) is 0 Å². The lowest BCUT2D eigenvalue weighted by Gasteiger charge is -2.21. The van der Waals surface area contributed by atoms with Crippen molar-refractivity contribution >= 4 is 11.8 Å². The quantitative estimate of drug-likeness (QED) is 0.740. The molecule has 0 spiro atoms. The van der Waals surface area contributed by atoms with E-state index in [0.29, 0.717) is 10.5 Å². The molecule has 0 aliphatic rings. The van der Waals surface area contributed by atoms with Crippen LogP contribution in [-0.4, -0.2) is 30.8 Å². The third-order valence-electron chi connectivity index (χ3n) is 2.45. The number of hydrogen-bond donors (Lipinski definition) is 0. The van der Waals surface area contributed by atoms with E-state index in [2.05, 4.69) is 74.9 Å². The van der Waals surface area contributed by atoms with E-state index >= 15 is 0 Å². The monoisotopic (exact) mass is 237 g/mol. The molecule has 0 aromatic heterocycles. The molecular weight excluding hydrogens is 214 g/mol. The van der Waals surface area contributed by atoms with Gasteiger partial charge in [-0.3, -0.25) is 0 Å². The van der Waals surface area contributed by atoms with Crippen molar-refractivity contribution in [2.24, 2.45) is 0 Å². The van der Waals surface area contributed by atoms with Crippen molar-refractivity contribution in [2.45, 2.75) is 30.8 Å². The molecule has 2 heteroatoms. The zero-order valence-corrected chi connectivity index (χ0v) is 11.6. The molecule has 0 saturated carbocycles. The summed E-state index contributed by atoms with van der Waals surface area (Å²) in [7, 11) is 4.28. The highest BCUT2D eigenvalue weighted by Crippen LogP contribution is 2.34. The molecule has 1 aromatic rings. The van der Waals surface area contributed by atoms with Gasteiger partial charge in [-0.15, -0.1) is 0 Å². The highest BCUT2D eigenvalue weighted by Gasteiger charge is 2.13. The molecule has 0 saturated heterocycles. The van der Waals surface area contributed by atoms with Crippen molar-refractivity contribution in [2.75, 3.05) is 20.6 Å². The Kier molecular flexibility index (Phi) is 5.93. The summed E-state index contributed by atoms with van der Waals surface area (Å²) in [5.41, 5.74) is 1.46. The van der Waals surface area contributed by atoms with Gasteiger partial charge < -0.3 is 4.90 Å². The maximum Gasteiger partial charge on any atom is 0.0312 e. The maximum absolute atomic E-state index is 2.27. The second kappa shape index (κ2) is 6.97. The van der Waals surface area contributed by atoms with Crippen LogP contribution in [0.3, 0.4) is 0 Å². The summed E-state index contributed by atoms with van der Waals surface area (Å²) in [6.45, 7) is 5.70. The predicted molar refractivity (Wildman–Crippen MR) is 75.1 cm³/mol. The summed E-state index contributed by atoms with van der Waals surface area (Å²) in [5, 5.41) is 1.32. The fourth-order valence-corrected chi connectivity index (χ4v) is 2.90. The third kappa shape index (κ3) is 5.04. The molecule has 0 aliphatic heterocycles. The summed E-state index contributed by atoms with van der Waals surface area (Å²) in [6.07, 6.45) is 1.22. The first-order valence-electron chi connectivity index (χ1n) is 5.94. The van der Waals surface area contributed by atoms with E-state index in [4.69, 9.17) is 0 Å². The van der Waals surface area contributed by atoms with Crippen LogP contribution in [0.5, 0.6) is 0 Å². The minimum Gasteiger partial charge on any atom is -0.309 e. The molecule has 1 rings (SSSR count). The van der Waals surface area contributed by atoms with Gasteiger partial charge in [-0.1, -0.05) is 44.2 Å². The molecule has 16 heavy (non-hydrogen) atoms. The van der Waals surface area contributed by atoms with Gasteiger partial charge in [-0.2, -0.15) is 11.8 Å². The van der Waals surface area contributed by atoms with Gasteiger partial charge in [0.05, 0.1) is 0 Å². The minimum absolute atomic E-state index is 0.628. The van der Waals surface area contributed by atoms with Crippen LogP contribution in [0.2, 0.25) is 0 Å². The lowest BCUT2D eigenvalue weighted by atomic mass is 10.1. The van der Waals surface area contributed by atoms with Crippen LogP contribution in [0.1, 0.15) is 31.1 Å². The Bertz CT molecular complexity index is 282. The Balaban J connectivity index is 2.64. The Hall–Kier alpha value is -0.470. The van der Waals surface area contributed by atoms with E-state index in [1.54, 1.807) is 0 Å². The largest absolute Gasteiger partial charge is 0.309 e. The summed E-state index contributed by atoms with van der Waals surface area (Å²) in [5.74, 6) is 0. The zero-order chi connectivity index (χ0) is 12.0. The molecular formula is C14H23NS. The second-order valence-electron chi connectivity index (χ2n) is 4.68. The van der Waals surface area contributed by atoms with Gasteiger partial charge in [0, 0.05) is 5.25 Å². The van der Waals surface area contributed by atoms with E-state index in [1.807, 2.05) is 0 Å². The highest BCUT2D eigenvalue weighted by atomic mass is 32.2. The first-order chi connectivity index (χ1) is 7.59. The first-order valence-corrected chi connectivity index (χ1v) is 6.89. The lowest BCUT2D eigenvalue weighted by molar-refractivity contribution is 0.398. The van der Waals surface area contributed by atoms with E-state index in [1.165, 1.54) is 12.0 Å². The highest BCUT2D eigenvalue weighted by molar-refractivity contribution is 8.00. The van der Waals surface area contributed by atoms with Gasteiger partial charge in [-0.05, 0) is 37.9 Å². The third-order valence-corrected chi connectivity index (χ3v) is 3.83. The van der Waals surface area contributed by atoms with Gasteiger partial charge in [0.1, 0.15) is 0 Å². The van der Waals surface area contributed by atoms with E-state index in [9.17, 15) is 0 Å². The van der Waals surface area contributed by atoms with Crippen LogP contribution in [0.25, 0.3) is 0 Å². The van der Waals surface area contributed by atoms with Crippen LogP contribution in [-0.2, 0) is 0 Å².